The third-order valence-corrected chi connectivity index (χ3v) is 4.39. The van der Waals surface area contributed by atoms with Gasteiger partial charge in [-0.25, -0.2) is 0 Å². The van der Waals surface area contributed by atoms with E-state index in [0.717, 1.165) is 48.0 Å². The van der Waals surface area contributed by atoms with Crippen LogP contribution in [0.5, 0.6) is 5.75 Å². The van der Waals surface area contributed by atoms with E-state index in [0.29, 0.717) is 6.04 Å². The molecule has 0 spiro atoms. The van der Waals surface area contributed by atoms with Gasteiger partial charge in [-0.1, -0.05) is 12.1 Å². The molecule has 2 N–H and O–H groups in total. The van der Waals surface area contributed by atoms with E-state index in [1.807, 2.05) is 24.3 Å². The number of carboxylic acid groups (broad SMARTS) is 1. The third-order valence-electron chi connectivity index (χ3n) is 4.39. The smallest absolute Gasteiger partial charge is 0.306 e. The number of nitrogens with zero attached hydrogens (tertiary/aromatic N) is 1. The number of aromatic nitrogens is 1. The van der Waals surface area contributed by atoms with Gasteiger partial charge in [-0.3, -0.25) is 9.78 Å². The lowest BCUT2D eigenvalue weighted by Crippen LogP contribution is -2.29. The molecule has 0 unspecified atom stereocenters. The molecular formula is C17H20N2O3. The zero-order chi connectivity index (χ0) is 15.5. The Bertz CT molecular complexity index is 679. The molecule has 2 aromatic rings. The number of pyridine rings is 1. The lowest BCUT2D eigenvalue weighted by Gasteiger charge is -2.28. The lowest BCUT2D eigenvalue weighted by molar-refractivity contribution is -0.142. The summed E-state index contributed by atoms with van der Waals surface area (Å²) in [5.74, 6) is -0.0967. The van der Waals surface area contributed by atoms with Gasteiger partial charge in [-0.2, -0.15) is 0 Å². The van der Waals surface area contributed by atoms with Crippen molar-refractivity contribution >= 4 is 22.6 Å². The maximum atomic E-state index is 11.0. The van der Waals surface area contributed by atoms with Crippen LogP contribution in [0.4, 0.5) is 5.69 Å². The van der Waals surface area contributed by atoms with Crippen LogP contribution in [0.25, 0.3) is 10.9 Å². The number of aliphatic carboxylic acids is 1. The maximum absolute atomic E-state index is 11.0. The van der Waals surface area contributed by atoms with Crippen molar-refractivity contribution in [2.75, 3.05) is 12.4 Å². The SMILES string of the molecule is COc1cccc2c(NC3CCC(C(=O)O)CC3)ccnc12. The quantitative estimate of drug-likeness (QED) is 0.906. The minimum Gasteiger partial charge on any atom is -0.494 e. The number of fused-ring (bicyclic) bond motifs is 1. The summed E-state index contributed by atoms with van der Waals surface area (Å²) in [6, 6.07) is 8.15. The van der Waals surface area contributed by atoms with Crippen LogP contribution >= 0.6 is 0 Å². The van der Waals surface area contributed by atoms with Crippen LogP contribution in [-0.2, 0) is 4.79 Å². The zero-order valence-corrected chi connectivity index (χ0v) is 12.6. The summed E-state index contributed by atoms with van der Waals surface area (Å²) >= 11 is 0. The van der Waals surface area contributed by atoms with E-state index in [1.165, 1.54) is 0 Å². The predicted octanol–water partition coefficient (Wildman–Crippen LogP) is 3.30. The van der Waals surface area contributed by atoms with Crippen molar-refractivity contribution in [3.63, 3.8) is 0 Å². The van der Waals surface area contributed by atoms with Gasteiger partial charge in [-0.05, 0) is 37.8 Å². The van der Waals surface area contributed by atoms with Crippen LogP contribution in [-0.4, -0.2) is 29.2 Å². The van der Waals surface area contributed by atoms with E-state index in [4.69, 9.17) is 9.84 Å². The minimum atomic E-state index is -0.669. The fraction of sp³-hybridized carbons (Fsp3) is 0.412. The first-order valence-corrected chi connectivity index (χ1v) is 7.60. The summed E-state index contributed by atoms with van der Waals surface area (Å²) in [7, 11) is 1.64. The van der Waals surface area contributed by atoms with Crippen LogP contribution in [0.2, 0.25) is 0 Å². The lowest BCUT2D eigenvalue weighted by atomic mass is 9.86. The van der Waals surface area contributed by atoms with Crippen LogP contribution in [0.15, 0.2) is 30.5 Å². The number of nitrogens with one attached hydrogen (secondary N) is 1. The van der Waals surface area contributed by atoms with Crippen molar-refractivity contribution in [1.29, 1.82) is 0 Å². The van der Waals surface area contributed by atoms with Crippen molar-refractivity contribution in [2.24, 2.45) is 5.92 Å². The van der Waals surface area contributed by atoms with Gasteiger partial charge < -0.3 is 15.2 Å². The Morgan fingerprint density at radius 1 is 1.27 bits per heavy atom. The van der Waals surface area contributed by atoms with Crippen molar-refractivity contribution in [1.82, 2.24) is 4.98 Å². The molecule has 22 heavy (non-hydrogen) atoms. The molecule has 3 rings (SSSR count). The standard InChI is InChI=1S/C17H20N2O3/c1-22-15-4-2-3-13-14(9-10-18-16(13)15)19-12-7-5-11(6-8-12)17(20)21/h2-4,9-12H,5-8H2,1H3,(H,18,19)(H,20,21). The summed E-state index contributed by atoms with van der Waals surface area (Å²) in [6.45, 7) is 0. The molecule has 1 aliphatic carbocycles. The summed E-state index contributed by atoms with van der Waals surface area (Å²) in [5.41, 5.74) is 1.87. The molecule has 0 bridgehead atoms. The first kappa shape index (κ1) is 14.6. The van der Waals surface area contributed by atoms with Gasteiger partial charge in [0.05, 0.1) is 13.0 Å². The normalized spacial score (nSPS) is 21.5. The van der Waals surface area contributed by atoms with E-state index >= 15 is 0 Å². The van der Waals surface area contributed by atoms with E-state index in [2.05, 4.69) is 10.3 Å². The number of methoxy groups -OCH3 is 1. The third kappa shape index (κ3) is 2.84. The molecule has 1 heterocycles. The average Bonchev–Trinajstić information content (AvgIpc) is 2.55. The highest BCUT2D eigenvalue weighted by Gasteiger charge is 2.26. The summed E-state index contributed by atoms with van der Waals surface area (Å²) in [4.78, 5) is 15.4. The van der Waals surface area contributed by atoms with Gasteiger partial charge in [0.2, 0.25) is 0 Å². The molecule has 0 amide bonds. The van der Waals surface area contributed by atoms with Gasteiger partial charge >= 0.3 is 5.97 Å². The van der Waals surface area contributed by atoms with E-state index in [1.54, 1.807) is 13.3 Å². The molecular weight excluding hydrogens is 280 g/mol. The number of ether oxygens (including phenoxy) is 1. The highest BCUT2D eigenvalue weighted by Crippen LogP contribution is 2.31. The van der Waals surface area contributed by atoms with E-state index in [-0.39, 0.29) is 5.92 Å². The first-order chi connectivity index (χ1) is 10.7. The number of benzene rings is 1. The summed E-state index contributed by atoms with van der Waals surface area (Å²) < 4.78 is 5.36. The predicted molar refractivity (Wildman–Crippen MR) is 85.3 cm³/mol. The molecule has 0 aliphatic heterocycles. The van der Waals surface area contributed by atoms with Gasteiger partial charge in [0.1, 0.15) is 11.3 Å². The second kappa shape index (κ2) is 6.22. The van der Waals surface area contributed by atoms with Crippen molar-refractivity contribution in [2.45, 2.75) is 31.7 Å². The Kier molecular flexibility index (Phi) is 4.13. The van der Waals surface area contributed by atoms with Crippen molar-refractivity contribution < 1.29 is 14.6 Å². The van der Waals surface area contributed by atoms with Crippen LogP contribution in [0.3, 0.4) is 0 Å². The fourth-order valence-electron chi connectivity index (χ4n) is 3.14. The monoisotopic (exact) mass is 300 g/mol. The molecule has 0 atom stereocenters. The number of para-hydroxylation sites is 1. The summed E-state index contributed by atoms with van der Waals surface area (Å²) in [6.07, 6.45) is 5.00. The molecule has 5 nitrogen and oxygen atoms in total. The number of hydrogen-bond donors (Lipinski definition) is 2. The second-order valence-electron chi connectivity index (χ2n) is 5.75. The topological polar surface area (TPSA) is 71.5 Å². The molecule has 0 saturated heterocycles. The number of carboxylic acids is 1. The van der Waals surface area contributed by atoms with Gasteiger partial charge in [0, 0.05) is 23.3 Å². The Hall–Kier alpha value is -2.30. The molecule has 1 aromatic carbocycles. The Labute approximate surface area is 129 Å². The molecule has 5 heteroatoms. The number of carbonyl (C=O) groups is 1. The Morgan fingerprint density at radius 2 is 2.05 bits per heavy atom. The molecule has 1 aliphatic rings. The van der Waals surface area contributed by atoms with Gasteiger partial charge in [0.15, 0.2) is 0 Å². The molecule has 0 radical (unpaired) electrons. The van der Waals surface area contributed by atoms with Gasteiger partial charge in [-0.15, -0.1) is 0 Å². The Morgan fingerprint density at radius 3 is 2.73 bits per heavy atom. The first-order valence-electron chi connectivity index (χ1n) is 7.60. The van der Waals surface area contributed by atoms with E-state index in [9.17, 15) is 4.79 Å². The Balaban J connectivity index is 1.79. The maximum Gasteiger partial charge on any atom is 0.306 e. The fourth-order valence-corrected chi connectivity index (χ4v) is 3.14. The number of rotatable bonds is 4. The minimum absolute atomic E-state index is 0.188. The number of hydrogen-bond acceptors (Lipinski definition) is 4. The highest BCUT2D eigenvalue weighted by atomic mass is 16.5. The van der Waals surface area contributed by atoms with E-state index < -0.39 is 5.97 Å². The van der Waals surface area contributed by atoms with Gasteiger partial charge in [0.25, 0.3) is 0 Å². The second-order valence-corrected chi connectivity index (χ2v) is 5.75. The largest absolute Gasteiger partial charge is 0.494 e. The molecule has 1 saturated carbocycles. The molecule has 1 aromatic heterocycles. The highest BCUT2D eigenvalue weighted by molar-refractivity contribution is 5.94. The van der Waals surface area contributed by atoms with Crippen LogP contribution in [0.1, 0.15) is 25.7 Å². The average molecular weight is 300 g/mol. The van der Waals surface area contributed by atoms with Crippen molar-refractivity contribution in [3.05, 3.63) is 30.5 Å². The summed E-state index contributed by atoms with van der Waals surface area (Å²) in [5, 5.41) is 13.6. The molecule has 1 fully saturated rings. The van der Waals surface area contributed by atoms with Crippen LogP contribution in [0, 0.1) is 5.92 Å². The zero-order valence-electron chi connectivity index (χ0n) is 12.6. The van der Waals surface area contributed by atoms with Crippen LogP contribution < -0.4 is 10.1 Å². The number of anilines is 1. The molecule has 116 valence electrons. The van der Waals surface area contributed by atoms with Crippen molar-refractivity contribution in [3.8, 4) is 5.75 Å².